The largest absolute Gasteiger partial charge is 0.388 e. The van der Waals surface area contributed by atoms with Gasteiger partial charge in [-0.2, -0.15) is 0 Å². The van der Waals surface area contributed by atoms with Crippen molar-refractivity contribution in [3.63, 3.8) is 0 Å². The predicted octanol–water partition coefficient (Wildman–Crippen LogP) is 4.32. The van der Waals surface area contributed by atoms with Gasteiger partial charge in [-0.1, -0.05) is 64.2 Å². The standard InChI is InChI=1S/C19H36O3/c20-19(15-21-13-11-17-7-3-1-4-8-17)16-22-14-12-18-9-5-2-6-10-18/h17-20H,1-16H2. The van der Waals surface area contributed by atoms with Crippen molar-refractivity contribution in [3.8, 4) is 0 Å². The first-order valence-corrected chi connectivity index (χ1v) is 9.68. The SMILES string of the molecule is OC(COCCC1CCCCC1)COCCC1CCCCC1. The fourth-order valence-electron chi connectivity index (χ4n) is 3.94. The topological polar surface area (TPSA) is 38.7 Å². The molecular weight excluding hydrogens is 276 g/mol. The summed E-state index contributed by atoms with van der Waals surface area (Å²) in [6, 6.07) is 0. The zero-order valence-corrected chi connectivity index (χ0v) is 14.3. The highest BCUT2D eigenvalue weighted by Gasteiger charge is 2.14. The number of rotatable bonds is 10. The summed E-state index contributed by atoms with van der Waals surface area (Å²) < 4.78 is 11.2. The minimum absolute atomic E-state index is 0.427. The molecule has 130 valence electrons. The van der Waals surface area contributed by atoms with Gasteiger partial charge in [0.1, 0.15) is 6.10 Å². The maximum absolute atomic E-state index is 9.87. The van der Waals surface area contributed by atoms with Gasteiger partial charge >= 0.3 is 0 Å². The molecule has 0 spiro atoms. The molecule has 3 heteroatoms. The Balaban J connectivity index is 1.38. The number of ether oxygens (including phenoxy) is 2. The molecule has 0 amide bonds. The van der Waals surface area contributed by atoms with Crippen molar-refractivity contribution < 1.29 is 14.6 Å². The molecule has 0 aromatic heterocycles. The van der Waals surface area contributed by atoms with Gasteiger partial charge in [-0.3, -0.25) is 0 Å². The minimum atomic E-state index is -0.460. The van der Waals surface area contributed by atoms with E-state index in [1.54, 1.807) is 0 Å². The summed E-state index contributed by atoms with van der Waals surface area (Å²) in [6.07, 6.45) is 15.7. The molecule has 0 aromatic rings. The molecule has 0 aliphatic heterocycles. The van der Waals surface area contributed by atoms with E-state index in [1.165, 1.54) is 64.2 Å². The summed E-state index contributed by atoms with van der Waals surface area (Å²) in [5.74, 6) is 1.72. The zero-order chi connectivity index (χ0) is 15.5. The molecular formula is C19H36O3. The second-order valence-electron chi connectivity index (χ2n) is 7.39. The third-order valence-corrected chi connectivity index (χ3v) is 5.41. The molecule has 0 bridgehead atoms. The van der Waals surface area contributed by atoms with Crippen molar-refractivity contribution in [3.05, 3.63) is 0 Å². The Hall–Kier alpha value is -0.120. The second-order valence-corrected chi connectivity index (χ2v) is 7.39. The Morgan fingerprint density at radius 1 is 0.682 bits per heavy atom. The lowest BCUT2D eigenvalue weighted by molar-refractivity contribution is -0.0243. The van der Waals surface area contributed by atoms with Crippen molar-refractivity contribution in [2.45, 2.75) is 83.2 Å². The molecule has 2 saturated carbocycles. The van der Waals surface area contributed by atoms with Crippen LogP contribution in [-0.2, 0) is 9.47 Å². The van der Waals surface area contributed by atoms with Gasteiger partial charge in [0.2, 0.25) is 0 Å². The highest BCUT2D eigenvalue weighted by Crippen LogP contribution is 2.26. The van der Waals surface area contributed by atoms with Crippen LogP contribution in [0.3, 0.4) is 0 Å². The maximum Gasteiger partial charge on any atom is 0.101 e. The van der Waals surface area contributed by atoms with E-state index in [9.17, 15) is 5.11 Å². The van der Waals surface area contributed by atoms with Crippen LogP contribution >= 0.6 is 0 Å². The van der Waals surface area contributed by atoms with Crippen LogP contribution in [0.1, 0.15) is 77.0 Å². The second kappa shape index (κ2) is 11.4. The Kier molecular flexibility index (Phi) is 9.46. The van der Waals surface area contributed by atoms with Crippen LogP contribution in [0.2, 0.25) is 0 Å². The molecule has 3 nitrogen and oxygen atoms in total. The van der Waals surface area contributed by atoms with Crippen molar-refractivity contribution >= 4 is 0 Å². The maximum atomic E-state index is 9.87. The lowest BCUT2D eigenvalue weighted by Crippen LogP contribution is -2.23. The summed E-state index contributed by atoms with van der Waals surface area (Å²) in [6.45, 7) is 2.44. The summed E-state index contributed by atoms with van der Waals surface area (Å²) in [4.78, 5) is 0. The Labute approximate surface area is 136 Å². The van der Waals surface area contributed by atoms with Crippen molar-refractivity contribution in [2.75, 3.05) is 26.4 Å². The first-order valence-electron chi connectivity index (χ1n) is 9.68. The van der Waals surface area contributed by atoms with Crippen LogP contribution in [0.5, 0.6) is 0 Å². The first-order chi connectivity index (χ1) is 10.8. The Bertz CT molecular complexity index is 231. The monoisotopic (exact) mass is 312 g/mol. The third-order valence-electron chi connectivity index (χ3n) is 5.41. The number of hydrogen-bond acceptors (Lipinski definition) is 3. The number of hydrogen-bond donors (Lipinski definition) is 1. The summed E-state index contributed by atoms with van der Waals surface area (Å²) in [5.41, 5.74) is 0. The lowest BCUT2D eigenvalue weighted by atomic mass is 9.87. The first kappa shape index (κ1) is 18.2. The van der Waals surface area contributed by atoms with Gasteiger partial charge in [0.25, 0.3) is 0 Å². The third kappa shape index (κ3) is 7.94. The molecule has 2 aliphatic rings. The van der Waals surface area contributed by atoms with Gasteiger partial charge in [-0.15, -0.1) is 0 Å². The van der Waals surface area contributed by atoms with Crippen LogP contribution in [0.25, 0.3) is 0 Å². The van der Waals surface area contributed by atoms with Gasteiger partial charge < -0.3 is 14.6 Å². The van der Waals surface area contributed by atoms with Gasteiger partial charge in [-0.05, 0) is 24.7 Å². The molecule has 0 saturated heterocycles. The van der Waals surface area contributed by atoms with E-state index >= 15 is 0 Å². The van der Waals surface area contributed by atoms with Crippen LogP contribution in [0, 0.1) is 11.8 Å². The van der Waals surface area contributed by atoms with Gasteiger partial charge in [0, 0.05) is 13.2 Å². The molecule has 0 unspecified atom stereocenters. The van der Waals surface area contributed by atoms with Crippen molar-refractivity contribution in [1.29, 1.82) is 0 Å². The highest BCUT2D eigenvalue weighted by molar-refractivity contribution is 4.66. The van der Waals surface area contributed by atoms with E-state index in [1.807, 2.05) is 0 Å². The van der Waals surface area contributed by atoms with Crippen LogP contribution in [0.4, 0.5) is 0 Å². The lowest BCUT2D eigenvalue weighted by Gasteiger charge is -2.22. The Morgan fingerprint density at radius 3 is 1.50 bits per heavy atom. The molecule has 0 radical (unpaired) electrons. The van der Waals surface area contributed by atoms with Crippen molar-refractivity contribution in [2.24, 2.45) is 11.8 Å². The van der Waals surface area contributed by atoms with Crippen LogP contribution < -0.4 is 0 Å². The fourth-order valence-corrected chi connectivity index (χ4v) is 3.94. The number of aliphatic hydroxyl groups is 1. The van der Waals surface area contributed by atoms with E-state index in [-0.39, 0.29) is 0 Å². The molecule has 0 aromatic carbocycles. The summed E-state index contributed by atoms with van der Waals surface area (Å²) >= 11 is 0. The van der Waals surface area contributed by atoms with Gasteiger partial charge in [0.05, 0.1) is 13.2 Å². The Morgan fingerprint density at radius 2 is 1.09 bits per heavy atom. The molecule has 2 fully saturated rings. The zero-order valence-electron chi connectivity index (χ0n) is 14.3. The van der Waals surface area contributed by atoms with E-state index in [4.69, 9.17) is 9.47 Å². The number of aliphatic hydroxyl groups excluding tert-OH is 1. The quantitative estimate of drug-likeness (QED) is 0.611. The van der Waals surface area contributed by atoms with E-state index in [2.05, 4.69) is 0 Å². The molecule has 0 atom stereocenters. The van der Waals surface area contributed by atoms with E-state index < -0.39 is 6.10 Å². The van der Waals surface area contributed by atoms with E-state index in [0.717, 1.165) is 37.9 Å². The molecule has 1 N–H and O–H groups in total. The molecule has 2 rings (SSSR count). The average Bonchev–Trinajstić information content (AvgIpc) is 2.57. The summed E-state index contributed by atoms with van der Waals surface area (Å²) in [5, 5.41) is 9.87. The smallest absolute Gasteiger partial charge is 0.101 e. The molecule has 0 heterocycles. The molecule has 22 heavy (non-hydrogen) atoms. The van der Waals surface area contributed by atoms with E-state index in [0.29, 0.717) is 13.2 Å². The summed E-state index contributed by atoms with van der Waals surface area (Å²) in [7, 11) is 0. The molecule has 2 aliphatic carbocycles. The van der Waals surface area contributed by atoms with Crippen LogP contribution in [0.15, 0.2) is 0 Å². The highest BCUT2D eigenvalue weighted by atomic mass is 16.5. The van der Waals surface area contributed by atoms with Gasteiger partial charge in [-0.25, -0.2) is 0 Å². The van der Waals surface area contributed by atoms with Crippen molar-refractivity contribution in [1.82, 2.24) is 0 Å². The predicted molar refractivity (Wildman–Crippen MR) is 90.0 cm³/mol. The minimum Gasteiger partial charge on any atom is -0.388 e. The normalized spacial score (nSPS) is 21.5. The van der Waals surface area contributed by atoms with Gasteiger partial charge in [0.15, 0.2) is 0 Å². The van der Waals surface area contributed by atoms with Crippen LogP contribution in [-0.4, -0.2) is 37.6 Å². The average molecular weight is 312 g/mol. The fraction of sp³-hybridized carbons (Fsp3) is 1.00.